The molecule has 0 radical (unpaired) electrons. The number of hydrogen-bond acceptors (Lipinski definition) is 3. The van der Waals surface area contributed by atoms with Crippen LogP contribution in [0, 0.1) is 18.8 Å². The van der Waals surface area contributed by atoms with Crippen LogP contribution in [0.2, 0.25) is 0 Å². The van der Waals surface area contributed by atoms with E-state index in [0.29, 0.717) is 25.8 Å². The van der Waals surface area contributed by atoms with Gasteiger partial charge < -0.3 is 10.4 Å². The predicted octanol–water partition coefficient (Wildman–Crippen LogP) is 1.16. The number of carbonyl (C=O) groups excluding carboxylic acids is 1. The van der Waals surface area contributed by atoms with Crippen LogP contribution in [0.15, 0.2) is 18.3 Å². The lowest BCUT2D eigenvalue weighted by Crippen LogP contribution is -2.41. The van der Waals surface area contributed by atoms with Crippen LogP contribution >= 0.6 is 0 Å². The summed E-state index contributed by atoms with van der Waals surface area (Å²) in [5.74, 6) is -1.31. The topological polar surface area (TPSA) is 79.3 Å². The molecule has 2 rings (SSSR count). The van der Waals surface area contributed by atoms with E-state index in [4.69, 9.17) is 5.11 Å². The van der Waals surface area contributed by atoms with Crippen molar-refractivity contribution < 1.29 is 14.7 Å². The minimum atomic E-state index is -0.798. The number of amides is 1. The first-order valence-electron chi connectivity index (χ1n) is 6.48. The normalized spacial score (nSPS) is 21.5. The second-order valence-electron chi connectivity index (χ2n) is 5.07. The molecule has 1 heterocycles. The van der Waals surface area contributed by atoms with E-state index >= 15 is 0 Å². The van der Waals surface area contributed by atoms with Gasteiger partial charge in [0, 0.05) is 30.8 Å². The summed E-state index contributed by atoms with van der Waals surface area (Å²) in [5, 5.41) is 11.6. The van der Waals surface area contributed by atoms with E-state index in [1.807, 2.05) is 19.1 Å². The molecule has 0 aliphatic heterocycles. The molecule has 5 nitrogen and oxygen atoms in total. The van der Waals surface area contributed by atoms with Crippen molar-refractivity contribution in [3.05, 3.63) is 29.6 Å². The molecule has 0 saturated heterocycles. The summed E-state index contributed by atoms with van der Waals surface area (Å²) < 4.78 is 0. The van der Waals surface area contributed by atoms with Crippen LogP contribution in [0.4, 0.5) is 0 Å². The van der Waals surface area contributed by atoms with Crippen molar-refractivity contribution in [2.75, 3.05) is 6.54 Å². The number of nitrogens with one attached hydrogen (secondary N) is 1. The Balaban J connectivity index is 1.68. The van der Waals surface area contributed by atoms with Crippen LogP contribution in [-0.2, 0) is 16.0 Å². The van der Waals surface area contributed by atoms with Crippen LogP contribution in [0.25, 0.3) is 0 Å². The summed E-state index contributed by atoms with van der Waals surface area (Å²) in [4.78, 5) is 26.6. The number of aryl methyl sites for hydroxylation is 1. The maximum absolute atomic E-state index is 11.7. The highest BCUT2D eigenvalue weighted by Gasteiger charge is 2.38. The van der Waals surface area contributed by atoms with E-state index in [1.165, 1.54) is 0 Å². The maximum atomic E-state index is 11.7. The average molecular weight is 262 g/mol. The number of aliphatic carboxylic acids is 1. The second kappa shape index (κ2) is 5.82. The van der Waals surface area contributed by atoms with E-state index in [-0.39, 0.29) is 17.7 Å². The van der Waals surface area contributed by atoms with Gasteiger partial charge in [-0.1, -0.05) is 6.07 Å². The van der Waals surface area contributed by atoms with Gasteiger partial charge in [0.2, 0.25) is 5.91 Å². The Kier molecular flexibility index (Phi) is 4.14. The average Bonchev–Trinajstić information content (AvgIpc) is 2.29. The molecule has 1 aromatic heterocycles. The van der Waals surface area contributed by atoms with E-state index in [0.717, 1.165) is 11.3 Å². The quantitative estimate of drug-likeness (QED) is 0.834. The largest absolute Gasteiger partial charge is 0.481 e. The van der Waals surface area contributed by atoms with Crippen LogP contribution in [-0.4, -0.2) is 28.5 Å². The number of hydrogen-bond donors (Lipinski definition) is 2. The number of aromatic nitrogens is 1. The van der Waals surface area contributed by atoms with E-state index < -0.39 is 5.97 Å². The fourth-order valence-electron chi connectivity index (χ4n) is 2.14. The molecule has 2 N–H and O–H groups in total. The first-order valence-corrected chi connectivity index (χ1v) is 6.48. The fraction of sp³-hybridized carbons (Fsp3) is 0.500. The Morgan fingerprint density at radius 2 is 2.11 bits per heavy atom. The fourth-order valence-corrected chi connectivity index (χ4v) is 2.14. The van der Waals surface area contributed by atoms with E-state index in [2.05, 4.69) is 10.3 Å². The third-order valence-electron chi connectivity index (χ3n) is 3.51. The number of pyridine rings is 1. The number of carboxylic acid groups (broad SMARTS) is 1. The lowest BCUT2D eigenvalue weighted by Gasteiger charge is -2.30. The third kappa shape index (κ3) is 3.53. The zero-order valence-electron chi connectivity index (χ0n) is 10.9. The molecule has 102 valence electrons. The molecule has 1 saturated carbocycles. The molecule has 0 aromatic carbocycles. The highest BCUT2D eigenvalue weighted by atomic mass is 16.4. The molecular weight excluding hydrogens is 244 g/mol. The van der Waals surface area contributed by atoms with Gasteiger partial charge in [-0.3, -0.25) is 14.6 Å². The van der Waals surface area contributed by atoms with Crippen LogP contribution in [0.1, 0.15) is 24.1 Å². The summed E-state index contributed by atoms with van der Waals surface area (Å²) in [5.41, 5.74) is 2.06. The van der Waals surface area contributed by atoms with Gasteiger partial charge in [-0.2, -0.15) is 0 Å². The predicted molar refractivity (Wildman–Crippen MR) is 69.5 cm³/mol. The Labute approximate surface area is 112 Å². The summed E-state index contributed by atoms with van der Waals surface area (Å²) >= 11 is 0. The highest BCUT2D eigenvalue weighted by molar-refractivity contribution is 5.82. The minimum Gasteiger partial charge on any atom is -0.481 e. The van der Waals surface area contributed by atoms with Crippen molar-refractivity contribution >= 4 is 11.9 Å². The highest BCUT2D eigenvalue weighted by Crippen LogP contribution is 2.33. The Hall–Kier alpha value is -1.91. The van der Waals surface area contributed by atoms with Gasteiger partial charge in [0.05, 0.1) is 5.92 Å². The molecule has 19 heavy (non-hydrogen) atoms. The van der Waals surface area contributed by atoms with Crippen molar-refractivity contribution in [3.8, 4) is 0 Å². The molecule has 1 aromatic rings. The smallest absolute Gasteiger partial charge is 0.306 e. The molecule has 1 aliphatic carbocycles. The standard InChI is InChI=1S/C14H18N2O3/c1-9-2-3-12(16-8-9)4-5-15-13(17)10-6-11(7-10)14(18)19/h2-3,8,10-11H,4-7H2,1H3,(H,15,17)(H,18,19). The molecule has 0 unspecified atom stereocenters. The summed E-state index contributed by atoms with van der Waals surface area (Å²) in [6, 6.07) is 3.94. The molecule has 0 bridgehead atoms. The van der Waals surface area contributed by atoms with Crippen molar-refractivity contribution in [3.63, 3.8) is 0 Å². The van der Waals surface area contributed by atoms with Gasteiger partial charge in [-0.25, -0.2) is 0 Å². The molecule has 1 fully saturated rings. The van der Waals surface area contributed by atoms with E-state index in [1.54, 1.807) is 6.20 Å². The molecule has 5 heteroatoms. The molecular formula is C14H18N2O3. The molecule has 1 aliphatic rings. The van der Waals surface area contributed by atoms with Crippen LogP contribution < -0.4 is 5.32 Å². The Morgan fingerprint density at radius 3 is 2.68 bits per heavy atom. The van der Waals surface area contributed by atoms with E-state index in [9.17, 15) is 9.59 Å². The third-order valence-corrected chi connectivity index (χ3v) is 3.51. The lowest BCUT2D eigenvalue weighted by atomic mass is 9.74. The number of nitrogens with zero attached hydrogens (tertiary/aromatic N) is 1. The summed E-state index contributed by atoms with van der Waals surface area (Å²) in [6.07, 6.45) is 3.43. The van der Waals surface area contributed by atoms with Gasteiger partial charge in [0.1, 0.15) is 0 Å². The number of rotatable bonds is 5. The SMILES string of the molecule is Cc1ccc(CCNC(=O)C2CC(C(=O)O)C2)nc1. The lowest BCUT2D eigenvalue weighted by molar-refractivity contribution is -0.148. The first-order chi connectivity index (χ1) is 9.06. The van der Waals surface area contributed by atoms with Crippen molar-refractivity contribution in [1.29, 1.82) is 0 Å². The van der Waals surface area contributed by atoms with Crippen molar-refractivity contribution in [2.45, 2.75) is 26.2 Å². The molecule has 0 atom stereocenters. The zero-order chi connectivity index (χ0) is 13.8. The van der Waals surface area contributed by atoms with Crippen LogP contribution in [0.5, 0.6) is 0 Å². The van der Waals surface area contributed by atoms with Crippen LogP contribution in [0.3, 0.4) is 0 Å². The first kappa shape index (κ1) is 13.5. The summed E-state index contributed by atoms with van der Waals surface area (Å²) in [6.45, 7) is 2.52. The van der Waals surface area contributed by atoms with Gasteiger partial charge in [0.15, 0.2) is 0 Å². The Morgan fingerprint density at radius 1 is 1.37 bits per heavy atom. The summed E-state index contributed by atoms with van der Waals surface area (Å²) in [7, 11) is 0. The Bertz CT molecular complexity index is 464. The van der Waals surface area contributed by atoms with Gasteiger partial charge >= 0.3 is 5.97 Å². The number of carbonyl (C=O) groups is 2. The molecule has 0 spiro atoms. The van der Waals surface area contributed by atoms with Gasteiger partial charge in [-0.05, 0) is 31.4 Å². The minimum absolute atomic E-state index is 0.0374. The zero-order valence-corrected chi connectivity index (χ0v) is 10.9. The monoisotopic (exact) mass is 262 g/mol. The van der Waals surface area contributed by atoms with Gasteiger partial charge in [0.25, 0.3) is 0 Å². The molecule has 1 amide bonds. The van der Waals surface area contributed by atoms with Crippen molar-refractivity contribution in [1.82, 2.24) is 10.3 Å². The number of carboxylic acids is 1. The maximum Gasteiger partial charge on any atom is 0.306 e. The second-order valence-corrected chi connectivity index (χ2v) is 5.07. The van der Waals surface area contributed by atoms with Gasteiger partial charge in [-0.15, -0.1) is 0 Å². The van der Waals surface area contributed by atoms with Crippen molar-refractivity contribution in [2.24, 2.45) is 11.8 Å².